The first-order valence-electron chi connectivity index (χ1n) is 9.47. The Labute approximate surface area is 162 Å². The molecule has 1 amide bonds. The quantitative estimate of drug-likeness (QED) is 0.770. The van der Waals surface area contributed by atoms with Gasteiger partial charge in [0.15, 0.2) is 0 Å². The van der Waals surface area contributed by atoms with Gasteiger partial charge in [-0.1, -0.05) is 54.1 Å². The van der Waals surface area contributed by atoms with E-state index < -0.39 is 29.5 Å². The second-order valence-electron chi connectivity index (χ2n) is 8.00. The molecule has 28 heavy (non-hydrogen) atoms. The lowest BCUT2D eigenvalue weighted by atomic mass is 9.74. The molecule has 3 aliphatic rings. The molecule has 0 radical (unpaired) electrons. The number of nitrogens with zero attached hydrogens (tertiary/aromatic N) is 1. The number of amides is 1. The number of hydrogen-bond acceptors (Lipinski definition) is 4. The van der Waals surface area contributed by atoms with Gasteiger partial charge in [0.1, 0.15) is 5.60 Å². The number of carboxylic acid groups (broad SMARTS) is 1. The van der Waals surface area contributed by atoms with Crippen molar-refractivity contribution in [2.45, 2.75) is 31.1 Å². The summed E-state index contributed by atoms with van der Waals surface area (Å²) in [7, 11) is 0. The average molecular weight is 374 g/mol. The Kier molecular flexibility index (Phi) is 3.55. The maximum Gasteiger partial charge on any atom is 0.234 e. The smallest absolute Gasteiger partial charge is 0.234 e. The summed E-state index contributed by atoms with van der Waals surface area (Å²) in [5.41, 5.74) is 0.730. The summed E-state index contributed by atoms with van der Waals surface area (Å²) in [5.74, 6) is -3.20. The molecule has 142 valence electrons. The molecule has 2 bridgehead atoms. The number of fused-ring (bicyclic) bond motifs is 2. The summed E-state index contributed by atoms with van der Waals surface area (Å²) in [6, 6.07) is 13.3. The van der Waals surface area contributed by atoms with Crippen molar-refractivity contribution in [3.63, 3.8) is 0 Å². The Morgan fingerprint density at radius 1 is 1.25 bits per heavy atom. The van der Waals surface area contributed by atoms with E-state index >= 15 is 0 Å². The molecule has 5 rings (SSSR count). The second-order valence-corrected chi connectivity index (χ2v) is 8.00. The molecular weight excluding hydrogens is 354 g/mol. The van der Waals surface area contributed by atoms with E-state index in [9.17, 15) is 14.7 Å². The maximum atomic E-state index is 13.6. The van der Waals surface area contributed by atoms with E-state index in [1.165, 1.54) is 0 Å². The SMILES string of the molecule is C=C(C)C[C@@H]1N(c2cccc3ccccc23)C(=O)[C@H]2[C@H](C(=O)[O-])[C@@H]3C=C[C@@]12O3. The van der Waals surface area contributed by atoms with Gasteiger partial charge in [-0.05, 0) is 24.8 Å². The Balaban J connectivity index is 1.71. The first-order chi connectivity index (χ1) is 13.4. The van der Waals surface area contributed by atoms with Crippen LogP contribution in [-0.2, 0) is 14.3 Å². The van der Waals surface area contributed by atoms with Crippen LogP contribution in [0.15, 0.2) is 66.8 Å². The van der Waals surface area contributed by atoms with Crippen LogP contribution < -0.4 is 10.0 Å². The first-order valence-corrected chi connectivity index (χ1v) is 9.47. The number of carbonyl (C=O) groups excluding carboxylic acids is 2. The van der Waals surface area contributed by atoms with Gasteiger partial charge in [-0.3, -0.25) is 4.79 Å². The third kappa shape index (κ3) is 2.11. The monoisotopic (exact) mass is 374 g/mol. The Bertz CT molecular complexity index is 1050. The van der Waals surface area contributed by atoms with Crippen LogP contribution in [0, 0.1) is 11.8 Å². The minimum atomic E-state index is -1.23. The predicted molar refractivity (Wildman–Crippen MR) is 103 cm³/mol. The zero-order chi connectivity index (χ0) is 19.6. The molecule has 2 fully saturated rings. The van der Waals surface area contributed by atoms with Gasteiger partial charge in [-0.15, -0.1) is 6.58 Å². The van der Waals surface area contributed by atoms with Crippen LogP contribution in [0.3, 0.4) is 0 Å². The van der Waals surface area contributed by atoms with Crippen LogP contribution in [0.25, 0.3) is 10.8 Å². The third-order valence-corrected chi connectivity index (χ3v) is 6.26. The summed E-state index contributed by atoms with van der Waals surface area (Å²) in [5, 5.41) is 13.8. The van der Waals surface area contributed by atoms with Gasteiger partial charge in [0, 0.05) is 17.3 Å². The van der Waals surface area contributed by atoms with E-state index in [1.807, 2.05) is 55.5 Å². The van der Waals surface area contributed by atoms with Crippen molar-refractivity contribution >= 4 is 28.3 Å². The van der Waals surface area contributed by atoms with E-state index in [2.05, 4.69) is 6.58 Å². The van der Waals surface area contributed by atoms with Gasteiger partial charge in [0.05, 0.1) is 23.8 Å². The predicted octanol–water partition coefficient (Wildman–Crippen LogP) is 2.21. The van der Waals surface area contributed by atoms with Crippen molar-refractivity contribution in [1.82, 2.24) is 0 Å². The molecule has 2 aromatic carbocycles. The molecule has 0 aliphatic carbocycles. The van der Waals surface area contributed by atoms with Gasteiger partial charge in [0.25, 0.3) is 0 Å². The normalized spacial score (nSPS) is 32.9. The molecule has 5 atom stereocenters. The van der Waals surface area contributed by atoms with Crippen molar-refractivity contribution in [2.75, 3.05) is 4.90 Å². The first kappa shape index (κ1) is 17.2. The zero-order valence-corrected chi connectivity index (χ0v) is 15.5. The van der Waals surface area contributed by atoms with Crippen molar-refractivity contribution in [3.05, 3.63) is 66.8 Å². The van der Waals surface area contributed by atoms with E-state index in [4.69, 9.17) is 4.74 Å². The van der Waals surface area contributed by atoms with Crippen molar-refractivity contribution in [3.8, 4) is 0 Å². The molecule has 0 unspecified atom stereocenters. The number of aliphatic carboxylic acids is 1. The molecule has 0 aromatic heterocycles. The number of rotatable bonds is 4. The van der Waals surface area contributed by atoms with Gasteiger partial charge in [-0.2, -0.15) is 0 Å². The number of anilines is 1. The fourth-order valence-electron chi connectivity index (χ4n) is 5.20. The topological polar surface area (TPSA) is 69.7 Å². The van der Waals surface area contributed by atoms with Gasteiger partial charge in [-0.25, -0.2) is 0 Å². The molecule has 2 aromatic rings. The highest BCUT2D eigenvalue weighted by Gasteiger charge is 2.69. The summed E-state index contributed by atoms with van der Waals surface area (Å²) in [6.45, 7) is 5.95. The number of ether oxygens (including phenoxy) is 1. The van der Waals surface area contributed by atoms with E-state index in [0.29, 0.717) is 6.42 Å². The zero-order valence-electron chi connectivity index (χ0n) is 15.5. The average Bonchev–Trinajstić information content (AvgIpc) is 3.30. The number of hydrogen-bond donors (Lipinski definition) is 0. The molecule has 2 saturated heterocycles. The van der Waals surface area contributed by atoms with Crippen LogP contribution in [0.4, 0.5) is 5.69 Å². The standard InChI is InChI=1S/C23H21NO4/c1-13(2)12-18-23-11-10-17(28-23)19(22(26)27)20(23)21(25)24(18)16-9-5-7-14-6-3-4-8-15(14)16/h3-11,17-20H,1,12H2,2H3,(H,26,27)/p-1/t17-,18-,19+,20+,23+/m0/s1. The molecule has 5 nitrogen and oxygen atoms in total. The van der Waals surface area contributed by atoms with Crippen LogP contribution >= 0.6 is 0 Å². The maximum absolute atomic E-state index is 13.6. The third-order valence-electron chi connectivity index (χ3n) is 6.26. The lowest BCUT2D eigenvalue weighted by Gasteiger charge is -2.34. The minimum Gasteiger partial charge on any atom is -0.550 e. The summed E-state index contributed by atoms with van der Waals surface area (Å²) < 4.78 is 6.17. The fraction of sp³-hybridized carbons (Fsp3) is 0.304. The summed E-state index contributed by atoms with van der Waals surface area (Å²) in [6.07, 6.45) is 3.57. The lowest BCUT2D eigenvalue weighted by molar-refractivity contribution is -0.313. The van der Waals surface area contributed by atoms with Gasteiger partial charge < -0.3 is 19.5 Å². The summed E-state index contributed by atoms with van der Waals surface area (Å²) in [4.78, 5) is 27.2. The van der Waals surface area contributed by atoms with Gasteiger partial charge >= 0.3 is 0 Å². The molecule has 0 saturated carbocycles. The largest absolute Gasteiger partial charge is 0.550 e. The van der Waals surface area contributed by atoms with Crippen molar-refractivity contribution < 1.29 is 19.4 Å². The highest BCUT2D eigenvalue weighted by molar-refractivity contribution is 6.09. The number of carbonyl (C=O) groups is 2. The van der Waals surface area contributed by atoms with Crippen molar-refractivity contribution in [1.29, 1.82) is 0 Å². The Morgan fingerprint density at radius 3 is 2.75 bits per heavy atom. The minimum absolute atomic E-state index is 0.219. The second kappa shape index (κ2) is 5.79. The highest BCUT2D eigenvalue weighted by Crippen LogP contribution is 2.57. The van der Waals surface area contributed by atoms with Crippen LogP contribution in [0.5, 0.6) is 0 Å². The number of carboxylic acids is 1. The Hall–Kier alpha value is -2.92. The fourth-order valence-corrected chi connectivity index (χ4v) is 5.20. The van der Waals surface area contributed by atoms with E-state index in [-0.39, 0.29) is 11.9 Å². The Morgan fingerprint density at radius 2 is 2.00 bits per heavy atom. The van der Waals surface area contributed by atoms with Gasteiger partial charge in [0.2, 0.25) is 5.91 Å². The molecule has 3 heterocycles. The molecule has 3 aliphatic heterocycles. The van der Waals surface area contributed by atoms with Crippen molar-refractivity contribution in [2.24, 2.45) is 11.8 Å². The van der Waals surface area contributed by atoms with E-state index in [1.54, 1.807) is 11.0 Å². The lowest BCUT2D eigenvalue weighted by Crippen LogP contribution is -2.46. The molecule has 5 heteroatoms. The van der Waals surface area contributed by atoms with Crippen LogP contribution in [-0.4, -0.2) is 29.6 Å². The number of benzene rings is 2. The molecule has 1 spiro atoms. The van der Waals surface area contributed by atoms with Crippen LogP contribution in [0.1, 0.15) is 13.3 Å². The highest BCUT2D eigenvalue weighted by atomic mass is 16.5. The summed E-state index contributed by atoms with van der Waals surface area (Å²) >= 11 is 0. The molecular formula is C23H20NO4-. The molecule has 0 N–H and O–H groups in total. The van der Waals surface area contributed by atoms with E-state index in [0.717, 1.165) is 22.0 Å². The van der Waals surface area contributed by atoms with Crippen LogP contribution in [0.2, 0.25) is 0 Å².